The van der Waals surface area contributed by atoms with E-state index in [2.05, 4.69) is 20.4 Å². The van der Waals surface area contributed by atoms with Crippen molar-refractivity contribution in [1.29, 1.82) is 0 Å². The smallest absolute Gasteiger partial charge is 0.435 e. The molecule has 26 heavy (non-hydrogen) atoms. The average molecular weight is 370 g/mol. The fraction of sp³-hybridized carbons (Fsp3) is 0.467. The topological polar surface area (TPSA) is 85.2 Å². The second-order valence-corrected chi connectivity index (χ2v) is 5.79. The van der Waals surface area contributed by atoms with Crippen LogP contribution in [0.4, 0.5) is 23.8 Å². The highest BCUT2D eigenvalue weighted by atomic mass is 19.4. The summed E-state index contributed by atoms with van der Waals surface area (Å²) in [5.41, 5.74) is -0.940. The van der Waals surface area contributed by atoms with Crippen LogP contribution in [0.25, 0.3) is 0 Å². The van der Waals surface area contributed by atoms with Crippen molar-refractivity contribution >= 4 is 11.8 Å². The van der Waals surface area contributed by atoms with Crippen LogP contribution in [0.2, 0.25) is 0 Å². The SMILES string of the molecule is COc1cncnc1NC(=O)N1CCCC(n2ccc(C(F)(F)F)n2)C1. The van der Waals surface area contributed by atoms with Crippen LogP contribution in [0.15, 0.2) is 24.8 Å². The van der Waals surface area contributed by atoms with Gasteiger partial charge in [-0.2, -0.15) is 18.3 Å². The van der Waals surface area contributed by atoms with E-state index >= 15 is 0 Å². The molecule has 3 heterocycles. The summed E-state index contributed by atoms with van der Waals surface area (Å²) in [5.74, 6) is 0.546. The fourth-order valence-corrected chi connectivity index (χ4v) is 2.79. The van der Waals surface area contributed by atoms with Gasteiger partial charge >= 0.3 is 12.2 Å². The summed E-state index contributed by atoms with van der Waals surface area (Å²) >= 11 is 0. The monoisotopic (exact) mass is 370 g/mol. The maximum Gasteiger partial charge on any atom is 0.435 e. The van der Waals surface area contributed by atoms with E-state index in [9.17, 15) is 18.0 Å². The molecule has 2 amide bonds. The third kappa shape index (κ3) is 3.86. The number of halogens is 3. The van der Waals surface area contributed by atoms with Gasteiger partial charge in [-0.05, 0) is 18.9 Å². The summed E-state index contributed by atoms with van der Waals surface area (Å²) in [6.07, 6.45) is 0.798. The minimum absolute atomic E-state index is 0.230. The first-order chi connectivity index (χ1) is 12.4. The lowest BCUT2D eigenvalue weighted by Gasteiger charge is -2.32. The third-order valence-corrected chi connectivity index (χ3v) is 4.08. The molecule has 1 aliphatic heterocycles. The Balaban J connectivity index is 1.68. The number of ether oxygens (including phenoxy) is 1. The molecule has 0 saturated carbocycles. The molecule has 140 valence electrons. The van der Waals surface area contributed by atoms with Gasteiger partial charge in [-0.1, -0.05) is 0 Å². The molecule has 0 aromatic carbocycles. The molecule has 1 unspecified atom stereocenters. The molecule has 1 fully saturated rings. The summed E-state index contributed by atoms with van der Waals surface area (Å²) in [6, 6.07) is 0.206. The van der Waals surface area contributed by atoms with E-state index in [1.54, 1.807) is 0 Å². The van der Waals surface area contributed by atoms with Gasteiger partial charge in [0.05, 0.1) is 19.3 Å². The number of nitrogens with one attached hydrogen (secondary N) is 1. The van der Waals surface area contributed by atoms with Crippen molar-refractivity contribution in [3.8, 4) is 5.75 Å². The van der Waals surface area contributed by atoms with Crippen LogP contribution in [0, 0.1) is 0 Å². The molecule has 0 aliphatic carbocycles. The van der Waals surface area contributed by atoms with E-state index in [1.165, 1.54) is 35.4 Å². The molecule has 0 bridgehead atoms. The number of amides is 2. The third-order valence-electron chi connectivity index (χ3n) is 4.08. The van der Waals surface area contributed by atoms with Crippen molar-refractivity contribution in [2.24, 2.45) is 0 Å². The average Bonchev–Trinajstić information content (AvgIpc) is 3.13. The van der Waals surface area contributed by atoms with Crippen molar-refractivity contribution in [2.75, 3.05) is 25.5 Å². The van der Waals surface area contributed by atoms with Crippen LogP contribution in [0.3, 0.4) is 0 Å². The molecule has 2 aromatic heterocycles. The molecular formula is C15H17F3N6O2. The minimum Gasteiger partial charge on any atom is -0.491 e. The quantitative estimate of drug-likeness (QED) is 0.898. The Bertz CT molecular complexity index is 779. The van der Waals surface area contributed by atoms with E-state index in [-0.39, 0.29) is 18.4 Å². The predicted molar refractivity (Wildman–Crippen MR) is 84.7 cm³/mol. The number of piperidine rings is 1. The molecule has 1 saturated heterocycles. The second-order valence-electron chi connectivity index (χ2n) is 5.79. The Kier molecular flexibility index (Phi) is 4.96. The van der Waals surface area contributed by atoms with Crippen molar-refractivity contribution in [2.45, 2.75) is 25.1 Å². The van der Waals surface area contributed by atoms with Crippen molar-refractivity contribution in [1.82, 2.24) is 24.6 Å². The first-order valence-electron chi connectivity index (χ1n) is 7.90. The summed E-state index contributed by atoms with van der Waals surface area (Å²) in [4.78, 5) is 21.7. The van der Waals surface area contributed by atoms with E-state index < -0.39 is 17.9 Å². The number of carbonyl (C=O) groups is 1. The van der Waals surface area contributed by atoms with Crippen molar-refractivity contribution in [3.05, 3.63) is 30.5 Å². The number of alkyl halides is 3. The van der Waals surface area contributed by atoms with Crippen LogP contribution >= 0.6 is 0 Å². The summed E-state index contributed by atoms with van der Waals surface area (Å²) < 4.78 is 44.5. The molecule has 1 aliphatic rings. The van der Waals surface area contributed by atoms with Crippen LogP contribution < -0.4 is 10.1 Å². The van der Waals surface area contributed by atoms with Gasteiger partial charge in [-0.25, -0.2) is 14.8 Å². The maximum absolute atomic E-state index is 12.7. The molecule has 0 radical (unpaired) electrons. The number of methoxy groups -OCH3 is 1. The van der Waals surface area contributed by atoms with Gasteiger partial charge in [0.25, 0.3) is 0 Å². The van der Waals surface area contributed by atoms with Crippen LogP contribution in [-0.4, -0.2) is 50.9 Å². The zero-order valence-electron chi connectivity index (χ0n) is 13.9. The highest BCUT2D eigenvalue weighted by Gasteiger charge is 2.35. The molecule has 11 heteroatoms. The Labute approximate surface area is 147 Å². The number of hydrogen-bond donors (Lipinski definition) is 1. The van der Waals surface area contributed by atoms with Crippen LogP contribution in [0.1, 0.15) is 24.6 Å². The van der Waals surface area contributed by atoms with Gasteiger partial charge in [0.15, 0.2) is 17.3 Å². The van der Waals surface area contributed by atoms with Crippen molar-refractivity contribution < 1.29 is 22.7 Å². The normalized spacial score (nSPS) is 17.8. The van der Waals surface area contributed by atoms with E-state index in [0.717, 1.165) is 6.07 Å². The van der Waals surface area contributed by atoms with Crippen molar-refractivity contribution in [3.63, 3.8) is 0 Å². The molecule has 1 atom stereocenters. The van der Waals surface area contributed by atoms with E-state index in [1.807, 2.05) is 0 Å². The number of hydrogen-bond acceptors (Lipinski definition) is 5. The Morgan fingerprint density at radius 2 is 2.23 bits per heavy atom. The maximum atomic E-state index is 12.7. The highest BCUT2D eigenvalue weighted by molar-refractivity contribution is 5.89. The predicted octanol–water partition coefficient (Wildman–Crippen LogP) is 2.57. The van der Waals surface area contributed by atoms with E-state index in [4.69, 9.17) is 4.74 Å². The van der Waals surface area contributed by atoms with Gasteiger partial charge in [-0.3, -0.25) is 10.00 Å². The Hall–Kier alpha value is -2.85. The Morgan fingerprint density at radius 1 is 1.42 bits per heavy atom. The number of nitrogens with zero attached hydrogens (tertiary/aromatic N) is 5. The molecular weight excluding hydrogens is 353 g/mol. The molecule has 3 rings (SSSR count). The zero-order chi connectivity index (χ0) is 18.7. The lowest BCUT2D eigenvalue weighted by atomic mass is 10.1. The zero-order valence-corrected chi connectivity index (χ0v) is 13.9. The van der Waals surface area contributed by atoms with Crippen LogP contribution in [0.5, 0.6) is 5.75 Å². The summed E-state index contributed by atoms with van der Waals surface area (Å²) in [7, 11) is 1.43. The lowest BCUT2D eigenvalue weighted by Crippen LogP contribution is -2.43. The number of aromatic nitrogens is 4. The number of carbonyl (C=O) groups excluding carboxylic acids is 1. The number of urea groups is 1. The molecule has 8 nitrogen and oxygen atoms in total. The van der Waals surface area contributed by atoms with Gasteiger partial charge in [-0.15, -0.1) is 0 Å². The number of anilines is 1. The van der Waals surface area contributed by atoms with E-state index in [0.29, 0.717) is 25.1 Å². The van der Waals surface area contributed by atoms with Crippen LogP contribution in [-0.2, 0) is 6.18 Å². The van der Waals surface area contributed by atoms with Gasteiger partial charge < -0.3 is 9.64 Å². The summed E-state index contributed by atoms with van der Waals surface area (Å²) in [6.45, 7) is 0.737. The second kappa shape index (κ2) is 7.18. The van der Waals surface area contributed by atoms with Gasteiger partial charge in [0.2, 0.25) is 0 Å². The molecule has 0 spiro atoms. The largest absolute Gasteiger partial charge is 0.491 e. The highest BCUT2D eigenvalue weighted by Crippen LogP contribution is 2.29. The van der Waals surface area contributed by atoms with Gasteiger partial charge in [0.1, 0.15) is 6.33 Å². The standard InChI is InChI=1S/C15H17F3N6O2/c1-26-11-7-19-9-20-13(11)21-14(25)23-5-2-3-10(8-23)24-6-4-12(22-24)15(16,17)18/h4,6-7,9-10H,2-3,5,8H2,1H3,(H,19,20,21,25). The summed E-state index contributed by atoms with van der Waals surface area (Å²) in [5, 5.41) is 6.24. The number of likely N-dealkylation sites (tertiary alicyclic amines) is 1. The van der Waals surface area contributed by atoms with Gasteiger partial charge in [0, 0.05) is 19.3 Å². The lowest BCUT2D eigenvalue weighted by molar-refractivity contribution is -0.141. The first-order valence-corrected chi connectivity index (χ1v) is 7.90. The minimum atomic E-state index is -4.49. The number of rotatable bonds is 3. The molecule has 2 aromatic rings. The Morgan fingerprint density at radius 3 is 2.92 bits per heavy atom. The molecule has 1 N–H and O–H groups in total. The first kappa shape index (κ1) is 18.0. The fourth-order valence-electron chi connectivity index (χ4n) is 2.79.